The van der Waals surface area contributed by atoms with Gasteiger partial charge in [-0.15, -0.1) is 0 Å². The van der Waals surface area contributed by atoms with E-state index in [1.54, 1.807) is 0 Å². The first-order chi connectivity index (χ1) is 51.1. The Hall–Kier alpha value is -12.0. The molecule has 14 rings (SSSR count). The van der Waals surface area contributed by atoms with Crippen molar-refractivity contribution in [3.05, 3.63) is 286 Å². The fourth-order valence-corrected chi connectivity index (χ4v) is 12.5. The molecule has 4 aliphatic carbocycles. The minimum atomic E-state index is -3.66. The summed E-state index contributed by atoms with van der Waals surface area (Å²) >= 11 is 0. The summed E-state index contributed by atoms with van der Waals surface area (Å²) in [4.78, 5) is 72.4. The molecule has 7 N–H and O–H groups in total. The Bertz CT molecular complexity index is 4970. The molecule has 10 aromatic carbocycles. The SMILES string of the molecule is CC1c2ccccc2-c2ccccc21.[2H]C([2H])(CC(=O)OCC1c2ccccc2-c2ccccc21)C([2H])([2H])c1ccc(OC(=O)OCC2c3ccccc3-c3ccccc32)c(OC(=O)OCC2c3ccccc3-c3ccccc32)c1.[2H]c1c([2H])c(C([2H])(O)C([2H])([2H])N(C)C(=O)O)c([2H])c(OC(=O)O)c1O[C+]=O.[NH4+]. The molecule has 0 bridgehead atoms. The van der Waals surface area contributed by atoms with Crippen molar-refractivity contribution in [1.29, 1.82) is 0 Å². The van der Waals surface area contributed by atoms with Gasteiger partial charge in [0.05, 0.1) is 26.8 Å². The fourth-order valence-electron chi connectivity index (χ4n) is 12.5. The number of rotatable bonds is 18. The number of carbonyl (C=O) groups is 5. The van der Waals surface area contributed by atoms with E-state index in [2.05, 4.69) is 64.9 Å². The molecule has 0 fully saturated rings. The zero-order valence-corrected chi connectivity index (χ0v) is 52.9. The van der Waals surface area contributed by atoms with Crippen molar-refractivity contribution < 1.29 is 91.0 Å². The third-order valence-electron chi connectivity index (χ3n) is 16.9. The van der Waals surface area contributed by atoms with Gasteiger partial charge in [-0.25, -0.2) is 19.2 Å². The minimum Gasteiger partial charge on any atom is -0.465 e. The van der Waals surface area contributed by atoms with Gasteiger partial charge >= 0.3 is 42.8 Å². The highest BCUT2D eigenvalue weighted by atomic mass is 16.7. The summed E-state index contributed by atoms with van der Waals surface area (Å²) in [6, 6.07) is 64.2. The number of nitrogens with zero attached hydrogens (tertiary/aromatic N) is 1. The third-order valence-corrected chi connectivity index (χ3v) is 16.9. The van der Waals surface area contributed by atoms with Gasteiger partial charge in [-0.1, -0.05) is 212 Å². The van der Waals surface area contributed by atoms with Crippen LogP contribution in [0, 0.1) is 0 Å². The van der Waals surface area contributed by atoms with Gasteiger partial charge in [0.15, 0.2) is 11.5 Å². The molecule has 18 nitrogen and oxygen atoms in total. The number of aryl methyl sites for hydroxylation is 1. The van der Waals surface area contributed by atoms with Crippen LogP contribution in [0.1, 0.15) is 119 Å². The van der Waals surface area contributed by atoms with Gasteiger partial charge in [-0.05, 0) is 131 Å². The largest absolute Gasteiger partial charge is 0.576 e. The van der Waals surface area contributed by atoms with E-state index in [0.717, 1.165) is 79.3 Å². The normalized spacial score (nSPS) is 15.0. The number of aliphatic hydroxyl groups is 1. The molecule has 1 atom stereocenters. The smallest absolute Gasteiger partial charge is 0.465 e. The van der Waals surface area contributed by atoms with Gasteiger partial charge in [-0.2, -0.15) is 4.74 Å². The molecule has 0 aromatic heterocycles. The average molecular weight is 1330 g/mol. The average Bonchev–Trinajstić information content (AvgIpc) is 1.29. The van der Waals surface area contributed by atoms with Crippen molar-refractivity contribution in [3.8, 4) is 67.5 Å². The standard InChI is InChI=1S/C54H42O8.C14H12.C12H11NO8.H3N/c55-52(58-31-47-41-21-7-1-15-35(41)36-16-2-8-22-42(36)47)27-13-14-34-28-29-50(61-53(56)59-32-48-43-23-9-3-17-37(43)38-18-4-10-24-44(38)48)51(30-34)62-54(57)60-33-49-45-25-11-5-19-39(45)40-20-6-12-26-46(40)49;1-10-11-6-2-4-8-13(11)14-9-5-3-7-12(10)14;1-13(11(16)17)5-8(15)7-2-3-9(20-6-14)10(4-7)21-12(18)19;/h1-12,15-26,28-30,47-49H,13-14,27,31-33H2;2-10H,1H3;2-4,8,15H,5H2,1H3,(H-,16,17,18,19);1H3/p+2/i13D2,14D2;;2D,3D,4D,5D2,8D;. The second-order valence-electron chi connectivity index (χ2n) is 22.5. The molecular formula is C80H70N2O16+2. The molecule has 18 heteroatoms. The zero-order valence-electron chi connectivity index (χ0n) is 62.9. The van der Waals surface area contributed by atoms with Gasteiger partial charge in [0.1, 0.15) is 19.8 Å². The molecule has 0 aliphatic heterocycles. The van der Waals surface area contributed by atoms with E-state index in [4.69, 9.17) is 47.6 Å². The Labute approximate surface area is 579 Å². The highest BCUT2D eigenvalue weighted by Crippen LogP contribution is 2.48. The van der Waals surface area contributed by atoms with Gasteiger partial charge < -0.3 is 54.8 Å². The van der Waals surface area contributed by atoms with Crippen LogP contribution in [0.4, 0.5) is 19.2 Å². The molecule has 0 heterocycles. The monoisotopic (exact) mass is 1320 g/mol. The fraction of sp³-hybridized carbons (Fsp3) is 0.175. The second-order valence-corrected chi connectivity index (χ2v) is 22.5. The molecule has 98 heavy (non-hydrogen) atoms. The Balaban J connectivity index is 0.000000225. The number of ether oxygens (including phenoxy) is 7. The topological polar surface area (TPSA) is 267 Å². The molecule has 0 saturated heterocycles. The van der Waals surface area contributed by atoms with Crippen molar-refractivity contribution >= 4 is 37.0 Å². The molecule has 494 valence electrons. The van der Waals surface area contributed by atoms with Crippen LogP contribution < -0.4 is 25.1 Å². The summed E-state index contributed by atoms with van der Waals surface area (Å²) in [7, 11) is 0.657. The maximum absolute atomic E-state index is 13.6. The Morgan fingerprint density at radius 1 is 0.510 bits per heavy atom. The van der Waals surface area contributed by atoms with Crippen LogP contribution in [-0.4, -0.2) is 90.6 Å². The first kappa shape index (κ1) is 55.3. The summed E-state index contributed by atoms with van der Waals surface area (Å²) in [5.74, 6) is -4.20. The molecular weight excluding hydrogens is 1240 g/mol. The van der Waals surface area contributed by atoms with E-state index in [1.165, 1.54) is 34.4 Å². The molecule has 0 spiro atoms. The maximum atomic E-state index is 13.6. The molecule has 1 amide bonds. The van der Waals surface area contributed by atoms with Gasteiger partial charge in [-0.3, -0.25) is 4.79 Å². The zero-order chi connectivity index (χ0) is 76.4. The third kappa shape index (κ3) is 14.8. The van der Waals surface area contributed by atoms with Gasteiger partial charge in [0.2, 0.25) is 0 Å². The van der Waals surface area contributed by atoms with Crippen molar-refractivity contribution in [2.75, 3.05) is 33.4 Å². The Kier molecular flexibility index (Phi) is 17.3. The highest BCUT2D eigenvalue weighted by molar-refractivity contribution is 5.83. The molecule has 1 unspecified atom stereocenters. The van der Waals surface area contributed by atoms with Crippen molar-refractivity contribution in [2.24, 2.45) is 0 Å². The molecule has 0 saturated carbocycles. The van der Waals surface area contributed by atoms with Crippen LogP contribution in [0.15, 0.2) is 230 Å². The number of carbonyl (C=O) groups excluding carboxylic acids is 4. The lowest BCUT2D eigenvalue weighted by Gasteiger charge is -2.18. The van der Waals surface area contributed by atoms with E-state index in [1.807, 2.05) is 146 Å². The van der Waals surface area contributed by atoms with E-state index in [9.17, 15) is 33.9 Å². The highest BCUT2D eigenvalue weighted by Gasteiger charge is 2.33. The summed E-state index contributed by atoms with van der Waals surface area (Å²) < 4.78 is 119. The second kappa shape index (κ2) is 30.6. The predicted octanol–water partition coefficient (Wildman–Crippen LogP) is 17.0. The number of amides is 1. The summed E-state index contributed by atoms with van der Waals surface area (Å²) in [6.07, 6.45) is -16.5. The number of likely N-dealkylation sites (N-methyl/N-ethyl adjacent to an activating group) is 1. The number of carboxylic acid groups (broad SMARTS) is 2. The van der Waals surface area contributed by atoms with E-state index in [-0.39, 0.29) is 59.9 Å². The van der Waals surface area contributed by atoms with Crippen molar-refractivity contribution in [1.82, 2.24) is 11.1 Å². The predicted molar refractivity (Wildman–Crippen MR) is 368 cm³/mol. The Morgan fingerprint density at radius 2 is 0.888 bits per heavy atom. The quantitative estimate of drug-likeness (QED) is 0.0269. The van der Waals surface area contributed by atoms with E-state index >= 15 is 0 Å². The van der Waals surface area contributed by atoms with Crippen LogP contribution in [0.5, 0.6) is 23.0 Å². The lowest BCUT2D eigenvalue weighted by atomic mass is 9.98. The van der Waals surface area contributed by atoms with Crippen LogP contribution in [0.2, 0.25) is 0 Å². The van der Waals surface area contributed by atoms with Crippen LogP contribution in [0.25, 0.3) is 44.5 Å². The minimum absolute atomic E-state index is 0. The lowest BCUT2D eigenvalue weighted by Crippen LogP contribution is -2.29. The number of benzene rings is 10. The van der Waals surface area contributed by atoms with Crippen molar-refractivity contribution in [2.45, 2.75) is 55.8 Å². The van der Waals surface area contributed by atoms with Crippen molar-refractivity contribution in [3.63, 3.8) is 0 Å². The van der Waals surface area contributed by atoms with E-state index in [0.29, 0.717) is 13.0 Å². The number of hydrogen-bond donors (Lipinski definition) is 4. The van der Waals surface area contributed by atoms with Gasteiger partial charge in [0, 0.05) is 48.7 Å². The van der Waals surface area contributed by atoms with Crippen LogP contribution in [0.3, 0.4) is 0 Å². The summed E-state index contributed by atoms with van der Waals surface area (Å²) in [6.45, 7) is -0.569. The molecule has 0 radical (unpaired) electrons. The molecule has 10 aromatic rings. The Morgan fingerprint density at radius 3 is 1.29 bits per heavy atom. The van der Waals surface area contributed by atoms with Gasteiger partial charge in [0.25, 0.3) is 5.75 Å². The summed E-state index contributed by atoms with van der Waals surface area (Å²) in [5.41, 5.74) is 16.2. The van der Waals surface area contributed by atoms with Crippen LogP contribution in [-0.2, 0) is 30.2 Å². The molecule has 4 aliphatic rings. The number of hydrogen-bond acceptors (Lipinski definition) is 14. The number of quaternary nitrogens is 1. The number of fused-ring (bicyclic) bond motifs is 12. The van der Waals surface area contributed by atoms with Crippen LogP contribution >= 0.6 is 0 Å². The summed E-state index contributed by atoms with van der Waals surface area (Å²) in [5, 5.41) is 28.0. The first-order valence-corrected chi connectivity index (χ1v) is 30.6. The lowest BCUT2D eigenvalue weighted by molar-refractivity contribution is -0.144. The van der Waals surface area contributed by atoms with E-state index < -0.39 is 103 Å². The maximum Gasteiger partial charge on any atom is 0.576 e. The number of esters is 1. The first-order valence-electron chi connectivity index (χ1n) is 35.6.